The molecule has 0 saturated heterocycles. The topological polar surface area (TPSA) is 49.4 Å². The SMILES string of the molecule is CCCNC(=O)[C@@H](C)N(Cc1ccccc1F)C(=O)CCC. The van der Waals surface area contributed by atoms with E-state index in [1.165, 1.54) is 11.0 Å². The smallest absolute Gasteiger partial charge is 0.242 e. The molecule has 0 aliphatic carbocycles. The predicted molar refractivity (Wildman–Crippen MR) is 84.6 cm³/mol. The van der Waals surface area contributed by atoms with Crippen molar-refractivity contribution in [3.8, 4) is 0 Å². The Morgan fingerprint density at radius 2 is 1.91 bits per heavy atom. The van der Waals surface area contributed by atoms with Crippen LogP contribution in [0.1, 0.15) is 45.6 Å². The van der Waals surface area contributed by atoms with Crippen LogP contribution in [-0.4, -0.2) is 29.3 Å². The molecule has 0 unspecified atom stereocenters. The van der Waals surface area contributed by atoms with Gasteiger partial charge in [0.15, 0.2) is 0 Å². The standard InChI is InChI=1S/C17H25FN2O2/c1-4-8-16(21)20(13(3)17(22)19-11-5-2)12-14-9-6-7-10-15(14)18/h6-7,9-10,13H,4-5,8,11-12H2,1-3H3,(H,19,22)/t13-/m1/s1. The van der Waals surface area contributed by atoms with E-state index in [1.54, 1.807) is 25.1 Å². The Hall–Kier alpha value is -1.91. The number of carbonyl (C=O) groups excluding carboxylic acids is 2. The fraction of sp³-hybridized carbons (Fsp3) is 0.529. The molecule has 0 saturated carbocycles. The number of nitrogens with zero attached hydrogens (tertiary/aromatic N) is 1. The lowest BCUT2D eigenvalue weighted by Gasteiger charge is -2.28. The lowest BCUT2D eigenvalue weighted by molar-refractivity contribution is -0.140. The number of nitrogens with one attached hydrogen (secondary N) is 1. The Morgan fingerprint density at radius 1 is 1.23 bits per heavy atom. The highest BCUT2D eigenvalue weighted by Gasteiger charge is 2.25. The number of amides is 2. The van der Waals surface area contributed by atoms with Crippen molar-refractivity contribution in [3.05, 3.63) is 35.6 Å². The van der Waals surface area contributed by atoms with E-state index in [9.17, 15) is 14.0 Å². The highest BCUT2D eigenvalue weighted by molar-refractivity contribution is 5.87. The first-order valence-corrected chi connectivity index (χ1v) is 7.81. The third-order valence-corrected chi connectivity index (χ3v) is 3.48. The first-order valence-electron chi connectivity index (χ1n) is 7.81. The summed E-state index contributed by atoms with van der Waals surface area (Å²) in [6, 6.07) is 5.71. The van der Waals surface area contributed by atoms with Crippen molar-refractivity contribution >= 4 is 11.8 Å². The molecule has 2 amide bonds. The molecule has 1 N–H and O–H groups in total. The molecule has 0 spiro atoms. The van der Waals surface area contributed by atoms with Crippen LogP contribution in [0.25, 0.3) is 0 Å². The van der Waals surface area contributed by atoms with Gasteiger partial charge in [-0.05, 0) is 25.8 Å². The van der Waals surface area contributed by atoms with Gasteiger partial charge in [0.25, 0.3) is 0 Å². The van der Waals surface area contributed by atoms with Crippen LogP contribution in [0.15, 0.2) is 24.3 Å². The molecular formula is C17H25FN2O2. The maximum Gasteiger partial charge on any atom is 0.242 e. The van der Waals surface area contributed by atoms with Crippen molar-refractivity contribution in [2.75, 3.05) is 6.54 Å². The maximum atomic E-state index is 13.8. The second kappa shape index (κ2) is 9.18. The van der Waals surface area contributed by atoms with Crippen LogP contribution in [0, 0.1) is 5.82 Å². The number of halogens is 1. The Bertz CT molecular complexity index is 505. The second-order valence-corrected chi connectivity index (χ2v) is 5.33. The average molecular weight is 308 g/mol. The second-order valence-electron chi connectivity index (χ2n) is 5.33. The first-order chi connectivity index (χ1) is 10.5. The zero-order valence-electron chi connectivity index (χ0n) is 13.6. The molecule has 4 nitrogen and oxygen atoms in total. The lowest BCUT2D eigenvalue weighted by atomic mass is 10.1. The molecule has 5 heteroatoms. The summed E-state index contributed by atoms with van der Waals surface area (Å²) >= 11 is 0. The van der Waals surface area contributed by atoms with Crippen molar-refractivity contribution in [2.24, 2.45) is 0 Å². The summed E-state index contributed by atoms with van der Waals surface area (Å²) in [4.78, 5) is 25.9. The molecule has 0 aliphatic heterocycles. The van der Waals surface area contributed by atoms with Gasteiger partial charge in [-0.2, -0.15) is 0 Å². The Morgan fingerprint density at radius 3 is 2.50 bits per heavy atom. The Kier molecular flexibility index (Phi) is 7.57. The van der Waals surface area contributed by atoms with Gasteiger partial charge >= 0.3 is 0 Å². The third-order valence-electron chi connectivity index (χ3n) is 3.48. The van der Waals surface area contributed by atoms with Crippen LogP contribution < -0.4 is 5.32 Å². The van der Waals surface area contributed by atoms with Crippen LogP contribution in [0.2, 0.25) is 0 Å². The van der Waals surface area contributed by atoms with Gasteiger partial charge in [-0.15, -0.1) is 0 Å². The summed E-state index contributed by atoms with van der Waals surface area (Å²) in [6.45, 7) is 6.22. The Labute approximate surface area is 131 Å². The van der Waals surface area contributed by atoms with Crippen molar-refractivity contribution in [1.82, 2.24) is 10.2 Å². The lowest BCUT2D eigenvalue weighted by Crippen LogP contribution is -2.47. The van der Waals surface area contributed by atoms with Crippen LogP contribution in [0.5, 0.6) is 0 Å². The summed E-state index contributed by atoms with van der Waals surface area (Å²) in [5.41, 5.74) is 0.419. The van der Waals surface area contributed by atoms with E-state index in [1.807, 2.05) is 13.8 Å². The molecule has 122 valence electrons. The number of hydrogen-bond acceptors (Lipinski definition) is 2. The molecule has 1 aromatic carbocycles. The van der Waals surface area contributed by atoms with Crippen LogP contribution in [0.4, 0.5) is 4.39 Å². The fourth-order valence-corrected chi connectivity index (χ4v) is 2.15. The fourth-order valence-electron chi connectivity index (χ4n) is 2.15. The zero-order chi connectivity index (χ0) is 16.5. The van der Waals surface area contributed by atoms with Gasteiger partial charge in [-0.3, -0.25) is 9.59 Å². The van der Waals surface area contributed by atoms with E-state index in [2.05, 4.69) is 5.32 Å². The molecule has 0 aliphatic rings. The highest BCUT2D eigenvalue weighted by Crippen LogP contribution is 2.14. The third kappa shape index (κ3) is 5.13. The predicted octanol–water partition coefficient (Wildman–Crippen LogP) is 2.87. The first kappa shape index (κ1) is 18.1. The summed E-state index contributed by atoms with van der Waals surface area (Å²) < 4.78 is 13.8. The average Bonchev–Trinajstić information content (AvgIpc) is 2.51. The van der Waals surface area contributed by atoms with Gasteiger partial charge < -0.3 is 10.2 Å². The molecule has 22 heavy (non-hydrogen) atoms. The minimum atomic E-state index is -0.620. The van der Waals surface area contributed by atoms with Gasteiger partial charge in [0.05, 0.1) is 0 Å². The van der Waals surface area contributed by atoms with Crippen molar-refractivity contribution in [1.29, 1.82) is 0 Å². The molecule has 1 rings (SSSR count). The van der Waals surface area contributed by atoms with E-state index >= 15 is 0 Å². The molecule has 1 aromatic rings. The Balaban J connectivity index is 2.90. The van der Waals surface area contributed by atoms with Gasteiger partial charge in [0, 0.05) is 25.1 Å². The highest BCUT2D eigenvalue weighted by atomic mass is 19.1. The van der Waals surface area contributed by atoms with Gasteiger partial charge in [-0.25, -0.2) is 4.39 Å². The minimum Gasteiger partial charge on any atom is -0.354 e. The van der Waals surface area contributed by atoms with Crippen molar-refractivity contribution < 1.29 is 14.0 Å². The molecule has 1 atom stereocenters. The molecular weight excluding hydrogens is 283 g/mol. The summed E-state index contributed by atoms with van der Waals surface area (Å²) in [7, 11) is 0. The molecule has 0 aromatic heterocycles. The van der Waals surface area contributed by atoms with Gasteiger partial charge in [-0.1, -0.05) is 32.0 Å². The van der Waals surface area contributed by atoms with E-state index in [0.717, 1.165) is 6.42 Å². The van der Waals surface area contributed by atoms with Crippen LogP contribution in [-0.2, 0) is 16.1 Å². The monoisotopic (exact) mass is 308 g/mol. The number of carbonyl (C=O) groups is 2. The normalized spacial score (nSPS) is 11.8. The van der Waals surface area contributed by atoms with Crippen LogP contribution >= 0.6 is 0 Å². The number of rotatable bonds is 8. The number of benzene rings is 1. The van der Waals surface area contributed by atoms with E-state index in [0.29, 0.717) is 24.9 Å². The molecule has 0 fully saturated rings. The molecule has 0 radical (unpaired) electrons. The summed E-state index contributed by atoms with van der Waals surface area (Å²) in [6.07, 6.45) is 1.87. The maximum absolute atomic E-state index is 13.8. The van der Waals surface area contributed by atoms with Crippen LogP contribution in [0.3, 0.4) is 0 Å². The number of hydrogen-bond donors (Lipinski definition) is 1. The summed E-state index contributed by atoms with van der Waals surface area (Å²) in [5, 5.41) is 2.78. The largest absolute Gasteiger partial charge is 0.354 e. The van der Waals surface area contributed by atoms with Crippen molar-refractivity contribution in [3.63, 3.8) is 0 Å². The van der Waals surface area contributed by atoms with Gasteiger partial charge in [0.1, 0.15) is 11.9 Å². The minimum absolute atomic E-state index is 0.103. The van der Waals surface area contributed by atoms with Crippen molar-refractivity contribution in [2.45, 2.75) is 52.6 Å². The van der Waals surface area contributed by atoms with E-state index in [4.69, 9.17) is 0 Å². The van der Waals surface area contributed by atoms with E-state index in [-0.39, 0.29) is 24.2 Å². The molecule has 0 heterocycles. The zero-order valence-corrected chi connectivity index (χ0v) is 13.6. The molecule has 0 bridgehead atoms. The van der Waals surface area contributed by atoms with Gasteiger partial charge in [0.2, 0.25) is 11.8 Å². The summed E-state index contributed by atoms with van der Waals surface area (Å²) in [5.74, 6) is -0.703. The van der Waals surface area contributed by atoms with E-state index < -0.39 is 6.04 Å². The quantitative estimate of drug-likeness (QED) is 0.803.